The fourth-order valence-electron chi connectivity index (χ4n) is 2.47. The minimum Gasteiger partial charge on any atom is -0.319 e. The normalized spacial score (nSPS) is 30.1. The van der Waals surface area contributed by atoms with Crippen LogP contribution in [0.1, 0.15) is 32.6 Å². The summed E-state index contributed by atoms with van der Waals surface area (Å²) < 4.78 is 13.3. The number of hydrogen-bond donors (Lipinski definition) is 0. The Bertz CT molecular complexity index is 335. The van der Waals surface area contributed by atoms with E-state index in [1.54, 1.807) is 17.9 Å². The van der Waals surface area contributed by atoms with Crippen LogP contribution in [0.3, 0.4) is 0 Å². The minimum atomic E-state index is -0.777. The maximum atomic E-state index is 13.3. The first kappa shape index (κ1) is 11.4. The predicted octanol–water partition coefficient (Wildman–Crippen LogP) is 2.82. The van der Waals surface area contributed by atoms with Crippen molar-refractivity contribution in [3.8, 4) is 0 Å². The first-order chi connectivity index (χ1) is 7.66. The Morgan fingerprint density at radius 3 is 3.06 bits per heavy atom. The highest BCUT2D eigenvalue weighted by molar-refractivity contribution is 5.74. The Kier molecular flexibility index (Phi) is 3.42. The van der Waals surface area contributed by atoms with Crippen molar-refractivity contribution in [2.24, 2.45) is 5.92 Å². The lowest BCUT2D eigenvalue weighted by molar-refractivity contribution is -0.126. The molecular weight excluding hydrogens is 205 g/mol. The second-order valence-corrected chi connectivity index (χ2v) is 4.64. The van der Waals surface area contributed by atoms with Gasteiger partial charge < -0.3 is 4.90 Å². The fourth-order valence-corrected chi connectivity index (χ4v) is 2.47. The number of alkyl halides is 1. The number of carbonyl (C=O) groups is 1. The van der Waals surface area contributed by atoms with Crippen LogP contribution in [0, 0.1) is 5.92 Å². The predicted molar refractivity (Wildman–Crippen MR) is 61.5 cm³/mol. The highest BCUT2D eigenvalue weighted by Crippen LogP contribution is 2.30. The lowest BCUT2D eigenvalue weighted by Crippen LogP contribution is -2.33. The molecule has 0 fully saturated rings. The average molecular weight is 223 g/mol. The van der Waals surface area contributed by atoms with Crippen molar-refractivity contribution in [1.82, 2.24) is 4.90 Å². The Hall–Kier alpha value is -1.12. The standard InChI is InChI=1S/C13H18FNO/c1-10(16)15-7-3-5-12(9-15)11-4-2-6-13(14)8-11/h3,7-8,12-13H,2,4-6,9H2,1H3/t12-,13?/m1/s1. The molecule has 1 aliphatic heterocycles. The number of amides is 1. The van der Waals surface area contributed by atoms with E-state index in [2.05, 4.69) is 0 Å². The topological polar surface area (TPSA) is 20.3 Å². The summed E-state index contributed by atoms with van der Waals surface area (Å²) in [6.45, 7) is 2.28. The van der Waals surface area contributed by atoms with Crippen molar-refractivity contribution in [3.63, 3.8) is 0 Å². The summed E-state index contributed by atoms with van der Waals surface area (Å²) in [6.07, 6.45) is 8.36. The van der Waals surface area contributed by atoms with Crippen LogP contribution in [0.2, 0.25) is 0 Å². The first-order valence-electron chi connectivity index (χ1n) is 5.95. The molecule has 1 amide bonds. The first-order valence-corrected chi connectivity index (χ1v) is 5.95. The molecule has 0 saturated heterocycles. The van der Waals surface area contributed by atoms with Crippen LogP contribution in [-0.4, -0.2) is 23.5 Å². The lowest BCUT2D eigenvalue weighted by atomic mass is 9.85. The molecule has 2 atom stereocenters. The highest BCUT2D eigenvalue weighted by atomic mass is 19.1. The third kappa shape index (κ3) is 2.52. The summed E-state index contributed by atoms with van der Waals surface area (Å²) in [7, 11) is 0. The summed E-state index contributed by atoms with van der Waals surface area (Å²) in [5.74, 6) is 0.390. The zero-order chi connectivity index (χ0) is 11.5. The SMILES string of the molecule is CC(=O)N1C=CC[C@@H](C2=CC(F)CCC2)C1. The van der Waals surface area contributed by atoms with Gasteiger partial charge >= 0.3 is 0 Å². The number of halogens is 1. The van der Waals surface area contributed by atoms with E-state index in [4.69, 9.17) is 0 Å². The summed E-state index contributed by atoms with van der Waals surface area (Å²) in [5.41, 5.74) is 1.20. The van der Waals surface area contributed by atoms with Gasteiger partial charge in [-0.2, -0.15) is 0 Å². The molecule has 0 aromatic carbocycles. The molecule has 16 heavy (non-hydrogen) atoms. The molecule has 3 heteroatoms. The van der Waals surface area contributed by atoms with Crippen LogP contribution in [0.25, 0.3) is 0 Å². The van der Waals surface area contributed by atoms with Gasteiger partial charge in [-0.15, -0.1) is 0 Å². The second kappa shape index (κ2) is 4.81. The van der Waals surface area contributed by atoms with E-state index in [1.807, 2.05) is 12.3 Å². The number of nitrogens with zero attached hydrogens (tertiary/aromatic N) is 1. The quantitative estimate of drug-likeness (QED) is 0.626. The number of rotatable bonds is 1. The molecule has 0 bridgehead atoms. The van der Waals surface area contributed by atoms with Crippen molar-refractivity contribution < 1.29 is 9.18 Å². The van der Waals surface area contributed by atoms with Gasteiger partial charge in [-0.25, -0.2) is 4.39 Å². The molecule has 0 radical (unpaired) electrons. The van der Waals surface area contributed by atoms with Crippen LogP contribution in [0.4, 0.5) is 4.39 Å². The number of hydrogen-bond acceptors (Lipinski definition) is 1. The van der Waals surface area contributed by atoms with E-state index < -0.39 is 6.17 Å². The van der Waals surface area contributed by atoms with E-state index in [9.17, 15) is 9.18 Å². The zero-order valence-electron chi connectivity index (χ0n) is 9.66. The fraction of sp³-hybridized carbons (Fsp3) is 0.615. The van der Waals surface area contributed by atoms with Gasteiger partial charge in [0.15, 0.2) is 0 Å². The van der Waals surface area contributed by atoms with Crippen molar-refractivity contribution in [3.05, 3.63) is 23.9 Å². The molecule has 0 aromatic heterocycles. The van der Waals surface area contributed by atoms with Gasteiger partial charge in [-0.1, -0.05) is 17.7 Å². The summed E-state index contributed by atoms with van der Waals surface area (Å²) in [5, 5.41) is 0. The van der Waals surface area contributed by atoms with E-state index in [0.29, 0.717) is 18.9 Å². The van der Waals surface area contributed by atoms with Crippen LogP contribution in [-0.2, 0) is 4.79 Å². The van der Waals surface area contributed by atoms with E-state index >= 15 is 0 Å². The molecule has 2 aliphatic rings. The van der Waals surface area contributed by atoms with Gasteiger partial charge in [0.25, 0.3) is 0 Å². The maximum Gasteiger partial charge on any atom is 0.223 e. The van der Waals surface area contributed by atoms with Crippen LogP contribution >= 0.6 is 0 Å². The minimum absolute atomic E-state index is 0.0640. The Labute approximate surface area is 95.8 Å². The molecule has 0 spiro atoms. The van der Waals surface area contributed by atoms with Gasteiger partial charge in [0.1, 0.15) is 6.17 Å². The van der Waals surface area contributed by atoms with E-state index in [1.165, 1.54) is 5.57 Å². The van der Waals surface area contributed by atoms with Crippen LogP contribution in [0.15, 0.2) is 23.9 Å². The summed E-state index contributed by atoms with van der Waals surface area (Å²) >= 11 is 0. The third-order valence-electron chi connectivity index (χ3n) is 3.39. The van der Waals surface area contributed by atoms with Gasteiger partial charge in [0.05, 0.1) is 0 Å². The Balaban J connectivity index is 2.06. The molecular formula is C13H18FNO. The lowest BCUT2D eigenvalue weighted by Gasteiger charge is -2.30. The van der Waals surface area contributed by atoms with Gasteiger partial charge in [-0.05, 0) is 25.7 Å². The maximum absolute atomic E-state index is 13.3. The molecule has 0 aromatic rings. The van der Waals surface area contributed by atoms with Gasteiger partial charge in [0.2, 0.25) is 5.91 Å². The molecule has 2 rings (SSSR count). The molecule has 88 valence electrons. The smallest absolute Gasteiger partial charge is 0.223 e. The Morgan fingerprint density at radius 1 is 1.56 bits per heavy atom. The van der Waals surface area contributed by atoms with Gasteiger partial charge in [0, 0.05) is 25.6 Å². The van der Waals surface area contributed by atoms with Crippen molar-refractivity contribution in [1.29, 1.82) is 0 Å². The van der Waals surface area contributed by atoms with Crippen LogP contribution < -0.4 is 0 Å². The Morgan fingerprint density at radius 2 is 2.38 bits per heavy atom. The molecule has 1 unspecified atom stereocenters. The zero-order valence-corrected chi connectivity index (χ0v) is 9.66. The largest absolute Gasteiger partial charge is 0.319 e. The summed E-state index contributed by atoms with van der Waals surface area (Å²) in [6, 6.07) is 0. The highest BCUT2D eigenvalue weighted by Gasteiger charge is 2.24. The monoisotopic (exact) mass is 223 g/mol. The van der Waals surface area contributed by atoms with E-state index in [0.717, 1.165) is 19.3 Å². The molecule has 1 aliphatic carbocycles. The van der Waals surface area contributed by atoms with Crippen molar-refractivity contribution in [2.45, 2.75) is 38.8 Å². The summed E-state index contributed by atoms with van der Waals surface area (Å²) in [4.78, 5) is 13.0. The molecule has 0 N–H and O–H groups in total. The number of carbonyl (C=O) groups excluding carboxylic acids is 1. The van der Waals surface area contributed by atoms with Crippen molar-refractivity contribution in [2.75, 3.05) is 6.54 Å². The van der Waals surface area contributed by atoms with Crippen LogP contribution in [0.5, 0.6) is 0 Å². The van der Waals surface area contributed by atoms with E-state index in [-0.39, 0.29) is 5.91 Å². The third-order valence-corrected chi connectivity index (χ3v) is 3.39. The van der Waals surface area contributed by atoms with Crippen molar-refractivity contribution >= 4 is 5.91 Å². The average Bonchev–Trinajstić information content (AvgIpc) is 2.29. The molecule has 1 heterocycles. The molecule has 2 nitrogen and oxygen atoms in total. The second-order valence-electron chi connectivity index (χ2n) is 4.64. The number of allylic oxidation sites excluding steroid dienone is 2. The van der Waals surface area contributed by atoms with Gasteiger partial charge in [-0.3, -0.25) is 4.79 Å². The molecule has 0 saturated carbocycles.